The first-order valence-electron chi connectivity index (χ1n) is 5.02. The summed E-state index contributed by atoms with van der Waals surface area (Å²) < 4.78 is 11.3. The predicted octanol–water partition coefficient (Wildman–Crippen LogP) is 0.800. The van der Waals surface area contributed by atoms with E-state index < -0.39 is 0 Å². The number of hydrogen-bond acceptors (Lipinski definition) is 5. The molecule has 1 aromatic carbocycles. The average molecular weight is 235 g/mol. The van der Waals surface area contributed by atoms with Crippen LogP contribution in [0.1, 0.15) is 0 Å². The minimum absolute atomic E-state index is 0.0468. The van der Waals surface area contributed by atoms with Gasteiger partial charge in [-0.05, 0) is 12.1 Å². The smallest absolute Gasteiger partial charge is 0.325 e. The number of nitrogens with zero attached hydrogens (tertiary/aromatic N) is 2. The lowest BCUT2D eigenvalue weighted by molar-refractivity contribution is -0.141. The lowest BCUT2D eigenvalue weighted by Crippen LogP contribution is -2.13. The van der Waals surface area contributed by atoms with Crippen LogP contribution in [-0.2, 0) is 16.1 Å². The van der Waals surface area contributed by atoms with E-state index in [1.165, 1.54) is 7.11 Å². The molecule has 6 heteroatoms. The molecule has 1 aromatic heterocycles. The Kier molecular flexibility index (Phi) is 2.86. The molecule has 2 N–H and O–H groups in total. The number of nitrogen functional groups attached to an aromatic ring is 1. The Morgan fingerprint density at radius 3 is 2.88 bits per heavy atom. The first kappa shape index (κ1) is 11.3. The summed E-state index contributed by atoms with van der Waals surface area (Å²) in [6.07, 6.45) is 0. The first-order chi connectivity index (χ1) is 8.15. The van der Waals surface area contributed by atoms with Gasteiger partial charge in [0.25, 0.3) is 0 Å². The Hall–Kier alpha value is -2.24. The molecule has 0 saturated heterocycles. The number of carbonyl (C=O) groups is 1. The van der Waals surface area contributed by atoms with Crippen molar-refractivity contribution in [1.29, 1.82) is 0 Å². The van der Waals surface area contributed by atoms with Gasteiger partial charge in [0.2, 0.25) is 5.95 Å². The second kappa shape index (κ2) is 4.32. The molecule has 6 nitrogen and oxygen atoms in total. The van der Waals surface area contributed by atoms with E-state index in [4.69, 9.17) is 10.5 Å². The lowest BCUT2D eigenvalue weighted by atomic mass is 10.3. The molecule has 0 atom stereocenters. The standard InChI is InChI=1S/C11H13N3O3/c1-16-7-3-4-9-8(5-7)13-11(12)14(9)6-10(15)17-2/h3-5H,6H2,1-2H3,(H2,12,13). The van der Waals surface area contributed by atoms with Gasteiger partial charge >= 0.3 is 5.97 Å². The third-order valence-electron chi connectivity index (χ3n) is 2.50. The summed E-state index contributed by atoms with van der Waals surface area (Å²) in [5, 5.41) is 0. The van der Waals surface area contributed by atoms with Gasteiger partial charge in [0.05, 0.1) is 25.3 Å². The Morgan fingerprint density at radius 2 is 2.24 bits per heavy atom. The van der Waals surface area contributed by atoms with E-state index in [2.05, 4.69) is 9.72 Å². The number of ether oxygens (including phenoxy) is 2. The van der Waals surface area contributed by atoms with E-state index in [-0.39, 0.29) is 18.5 Å². The second-order valence-corrected chi connectivity index (χ2v) is 3.49. The predicted molar refractivity (Wildman–Crippen MR) is 62.7 cm³/mol. The molecule has 0 amide bonds. The zero-order chi connectivity index (χ0) is 12.4. The number of rotatable bonds is 3. The van der Waals surface area contributed by atoms with Crippen LogP contribution in [0, 0.1) is 0 Å². The van der Waals surface area contributed by atoms with Crippen molar-refractivity contribution in [2.24, 2.45) is 0 Å². The number of fused-ring (bicyclic) bond motifs is 1. The van der Waals surface area contributed by atoms with E-state index >= 15 is 0 Å². The number of hydrogen-bond donors (Lipinski definition) is 1. The molecule has 0 bridgehead atoms. The van der Waals surface area contributed by atoms with Gasteiger partial charge in [0.1, 0.15) is 12.3 Å². The summed E-state index contributed by atoms with van der Waals surface area (Å²) in [6, 6.07) is 5.36. The molecule has 0 spiro atoms. The fourth-order valence-electron chi connectivity index (χ4n) is 1.62. The first-order valence-corrected chi connectivity index (χ1v) is 5.02. The molecule has 0 fully saturated rings. The van der Waals surface area contributed by atoms with Crippen LogP contribution in [-0.4, -0.2) is 29.7 Å². The highest BCUT2D eigenvalue weighted by Gasteiger charge is 2.12. The van der Waals surface area contributed by atoms with Crippen molar-refractivity contribution in [3.63, 3.8) is 0 Å². The number of nitrogens with two attached hydrogens (primary N) is 1. The number of benzene rings is 1. The molecule has 0 aliphatic carbocycles. The van der Waals surface area contributed by atoms with Gasteiger partial charge in [-0.3, -0.25) is 9.36 Å². The summed E-state index contributed by atoms with van der Waals surface area (Å²) in [5.41, 5.74) is 7.21. The third-order valence-corrected chi connectivity index (χ3v) is 2.50. The summed E-state index contributed by atoms with van der Waals surface area (Å²) in [7, 11) is 2.91. The number of methoxy groups -OCH3 is 2. The summed E-state index contributed by atoms with van der Waals surface area (Å²) in [4.78, 5) is 15.4. The third kappa shape index (κ3) is 2.01. The number of anilines is 1. The zero-order valence-corrected chi connectivity index (χ0v) is 9.64. The number of esters is 1. The topological polar surface area (TPSA) is 79.4 Å². The highest BCUT2D eigenvalue weighted by atomic mass is 16.5. The Balaban J connectivity index is 2.48. The average Bonchev–Trinajstić information content (AvgIpc) is 2.64. The molecule has 90 valence electrons. The van der Waals surface area contributed by atoms with Crippen molar-refractivity contribution in [2.75, 3.05) is 20.0 Å². The minimum atomic E-state index is -0.369. The van der Waals surface area contributed by atoms with E-state index in [1.807, 2.05) is 0 Å². The van der Waals surface area contributed by atoms with Crippen LogP contribution in [0.4, 0.5) is 5.95 Å². The van der Waals surface area contributed by atoms with Crippen LogP contribution in [0.2, 0.25) is 0 Å². The van der Waals surface area contributed by atoms with Gasteiger partial charge in [-0.15, -0.1) is 0 Å². The molecular formula is C11H13N3O3. The molecule has 0 aliphatic heterocycles. The van der Waals surface area contributed by atoms with Crippen LogP contribution < -0.4 is 10.5 Å². The lowest BCUT2D eigenvalue weighted by Gasteiger charge is -2.04. The quantitative estimate of drug-likeness (QED) is 0.796. The largest absolute Gasteiger partial charge is 0.497 e. The van der Waals surface area contributed by atoms with Crippen molar-refractivity contribution < 1.29 is 14.3 Å². The Labute approximate surface area is 97.9 Å². The maximum absolute atomic E-state index is 11.2. The van der Waals surface area contributed by atoms with Gasteiger partial charge in [-0.25, -0.2) is 4.98 Å². The van der Waals surface area contributed by atoms with Crippen LogP contribution in [0.25, 0.3) is 11.0 Å². The highest BCUT2D eigenvalue weighted by molar-refractivity contribution is 5.82. The van der Waals surface area contributed by atoms with Gasteiger partial charge in [0.15, 0.2) is 0 Å². The number of imidazole rings is 1. The van der Waals surface area contributed by atoms with Crippen molar-refractivity contribution in [2.45, 2.75) is 6.54 Å². The minimum Gasteiger partial charge on any atom is -0.497 e. The fraction of sp³-hybridized carbons (Fsp3) is 0.273. The summed E-state index contributed by atoms with van der Waals surface area (Å²) in [6.45, 7) is 0.0468. The second-order valence-electron chi connectivity index (χ2n) is 3.49. The van der Waals surface area contributed by atoms with Gasteiger partial charge in [0, 0.05) is 6.07 Å². The maximum atomic E-state index is 11.2. The van der Waals surface area contributed by atoms with Crippen LogP contribution >= 0.6 is 0 Å². The van der Waals surface area contributed by atoms with E-state index in [0.29, 0.717) is 11.3 Å². The van der Waals surface area contributed by atoms with Gasteiger partial charge < -0.3 is 15.2 Å². The molecule has 0 radical (unpaired) electrons. The molecule has 17 heavy (non-hydrogen) atoms. The van der Waals surface area contributed by atoms with Crippen molar-refractivity contribution in [3.8, 4) is 5.75 Å². The SMILES string of the molecule is COC(=O)Cn1c(N)nc2cc(OC)ccc21. The highest BCUT2D eigenvalue weighted by Crippen LogP contribution is 2.22. The van der Waals surface area contributed by atoms with Gasteiger partial charge in [-0.2, -0.15) is 0 Å². The Morgan fingerprint density at radius 1 is 1.47 bits per heavy atom. The normalized spacial score (nSPS) is 10.5. The zero-order valence-electron chi connectivity index (χ0n) is 9.64. The van der Waals surface area contributed by atoms with Crippen molar-refractivity contribution in [1.82, 2.24) is 9.55 Å². The molecule has 0 unspecified atom stereocenters. The fourth-order valence-corrected chi connectivity index (χ4v) is 1.62. The van der Waals surface area contributed by atoms with E-state index in [9.17, 15) is 4.79 Å². The van der Waals surface area contributed by atoms with Crippen LogP contribution in [0.5, 0.6) is 5.75 Å². The monoisotopic (exact) mass is 235 g/mol. The molecular weight excluding hydrogens is 222 g/mol. The van der Waals surface area contributed by atoms with Crippen molar-refractivity contribution >= 4 is 23.0 Å². The summed E-state index contributed by atoms with van der Waals surface area (Å²) >= 11 is 0. The number of aromatic nitrogens is 2. The molecule has 2 rings (SSSR count). The molecule has 2 aromatic rings. The van der Waals surface area contributed by atoms with E-state index in [0.717, 1.165) is 5.52 Å². The van der Waals surface area contributed by atoms with Crippen LogP contribution in [0.15, 0.2) is 18.2 Å². The van der Waals surface area contributed by atoms with Crippen molar-refractivity contribution in [3.05, 3.63) is 18.2 Å². The maximum Gasteiger partial charge on any atom is 0.325 e. The molecule has 0 saturated carbocycles. The Bertz CT molecular complexity index is 562. The molecule has 1 heterocycles. The molecule has 0 aliphatic rings. The number of carbonyl (C=O) groups excluding carboxylic acids is 1. The van der Waals surface area contributed by atoms with Gasteiger partial charge in [-0.1, -0.05) is 0 Å². The summed E-state index contributed by atoms with van der Waals surface area (Å²) in [5.74, 6) is 0.602. The van der Waals surface area contributed by atoms with Crippen LogP contribution in [0.3, 0.4) is 0 Å². The van der Waals surface area contributed by atoms with E-state index in [1.54, 1.807) is 29.9 Å².